The normalized spacial score (nSPS) is 10.2. The Bertz CT molecular complexity index is 374. The molecule has 0 rings (SSSR count). The molecule has 23 heavy (non-hydrogen) atoms. The van der Waals surface area contributed by atoms with Gasteiger partial charge in [0.05, 0.1) is 6.61 Å². The zero-order chi connectivity index (χ0) is 17.3. The summed E-state index contributed by atoms with van der Waals surface area (Å²) in [5.74, 6) is -0.481. The van der Waals surface area contributed by atoms with Crippen molar-refractivity contribution in [3.63, 3.8) is 0 Å². The summed E-state index contributed by atoms with van der Waals surface area (Å²) in [7, 11) is -4.48. The quantitative estimate of drug-likeness (QED) is 0.164. The molecule has 8 heteroatoms. The first-order chi connectivity index (χ1) is 10.3. The van der Waals surface area contributed by atoms with E-state index in [2.05, 4.69) is 23.4 Å². The topological polar surface area (TPSA) is 110 Å². The minimum Gasteiger partial charge on any atom is -0.726 e. The van der Waals surface area contributed by atoms with Gasteiger partial charge in [-0.15, -0.1) is 0 Å². The molecule has 0 heterocycles. The largest absolute Gasteiger partial charge is 1.00 e. The standard InChI is InChI=1S/C12H26O4S.C3H5NO.Na/c1-2-3-4-5-6-7-8-9-10-11-12-16-17(13,14)15;1-2-3(4)5;/h2-12H2,1H3,(H,13,14,15);2H,1H2,(H2,4,5);/q;;+1/p-1. The van der Waals surface area contributed by atoms with Crippen LogP contribution < -0.4 is 35.3 Å². The molecule has 0 atom stereocenters. The molecule has 132 valence electrons. The van der Waals surface area contributed by atoms with Crippen molar-refractivity contribution >= 4 is 16.3 Å². The molecule has 0 saturated carbocycles. The van der Waals surface area contributed by atoms with E-state index in [9.17, 15) is 17.8 Å². The molecule has 0 aliphatic carbocycles. The van der Waals surface area contributed by atoms with Crippen LogP contribution in [0.5, 0.6) is 0 Å². The number of unbranched alkanes of at least 4 members (excludes halogenated alkanes) is 9. The smallest absolute Gasteiger partial charge is 0.726 e. The van der Waals surface area contributed by atoms with Gasteiger partial charge in [-0.2, -0.15) is 0 Å². The number of carbonyl (C=O) groups is 1. The Balaban J connectivity index is -0.000000578. The first-order valence-electron chi connectivity index (χ1n) is 7.85. The summed E-state index contributed by atoms with van der Waals surface area (Å²) in [5, 5.41) is 0. The Hall–Kier alpha value is 0.0800. The fourth-order valence-electron chi connectivity index (χ4n) is 1.75. The van der Waals surface area contributed by atoms with Gasteiger partial charge in [0, 0.05) is 0 Å². The van der Waals surface area contributed by atoms with Gasteiger partial charge in [0.15, 0.2) is 0 Å². The molecule has 0 aromatic heterocycles. The van der Waals surface area contributed by atoms with Crippen molar-refractivity contribution in [1.29, 1.82) is 0 Å². The van der Waals surface area contributed by atoms with Crippen molar-refractivity contribution in [1.82, 2.24) is 0 Å². The zero-order valence-electron chi connectivity index (χ0n) is 14.6. The predicted molar refractivity (Wildman–Crippen MR) is 86.9 cm³/mol. The summed E-state index contributed by atoms with van der Waals surface area (Å²) in [4.78, 5) is 9.47. The fraction of sp³-hybridized carbons (Fsp3) is 0.800. The van der Waals surface area contributed by atoms with Crippen LogP contribution in [0, 0.1) is 0 Å². The molecule has 0 aromatic rings. The molecule has 0 aliphatic rings. The van der Waals surface area contributed by atoms with Gasteiger partial charge < -0.3 is 10.3 Å². The SMILES string of the molecule is C=CC(N)=O.CCCCCCCCCCCCOS(=O)(=O)[O-].[Na+]. The van der Waals surface area contributed by atoms with Crippen molar-refractivity contribution in [2.24, 2.45) is 5.73 Å². The average Bonchev–Trinajstić information content (AvgIpc) is 2.44. The second-order valence-electron chi connectivity index (χ2n) is 5.02. The van der Waals surface area contributed by atoms with E-state index in [1.807, 2.05) is 0 Å². The van der Waals surface area contributed by atoms with Gasteiger partial charge in [-0.25, -0.2) is 8.42 Å². The van der Waals surface area contributed by atoms with E-state index in [0.717, 1.165) is 18.9 Å². The Morgan fingerprint density at radius 2 is 1.39 bits per heavy atom. The molecule has 0 spiro atoms. The monoisotopic (exact) mass is 359 g/mol. The van der Waals surface area contributed by atoms with Gasteiger partial charge in [-0.05, 0) is 12.5 Å². The van der Waals surface area contributed by atoms with Crippen LogP contribution >= 0.6 is 0 Å². The molecule has 6 nitrogen and oxygen atoms in total. The summed E-state index contributed by atoms with van der Waals surface area (Å²) in [6, 6.07) is 0. The van der Waals surface area contributed by atoms with Crippen LogP contribution in [0.1, 0.15) is 71.1 Å². The van der Waals surface area contributed by atoms with Crippen molar-refractivity contribution < 1.29 is 51.5 Å². The van der Waals surface area contributed by atoms with Crippen LogP contribution in [-0.4, -0.2) is 25.5 Å². The van der Waals surface area contributed by atoms with E-state index >= 15 is 0 Å². The molecule has 0 bridgehead atoms. The van der Waals surface area contributed by atoms with E-state index < -0.39 is 16.3 Å². The third kappa shape index (κ3) is 34.4. The number of primary amides is 1. The van der Waals surface area contributed by atoms with Crippen molar-refractivity contribution in [3.8, 4) is 0 Å². The summed E-state index contributed by atoms with van der Waals surface area (Å²) < 4.78 is 34.5. The second kappa shape index (κ2) is 20.1. The summed E-state index contributed by atoms with van der Waals surface area (Å²) in [6.07, 6.45) is 12.8. The first-order valence-corrected chi connectivity index (χ1v) is 9.19. The number of hydrogen-bond donors (Lipinski definition) is 1. The minimum atomic E-state index is -4.48. The Labute approximate surface area is 163 Å². The van der Waals surface area contributed by atoms with Crippen LogP contribution in [0.4, 0.5) is 0 Å². The van der Waals surface area contributed by atoms with Gasteiger partial charge >= 0.3 is 29.6 Å². The minimum absolute atomic E-state index is 0. The molecule has 1 amide bonds. The summed E-state index contributed by atoms with van der Waals surface area (Å²) >= 11 is 0. The number of carbonyl (C=O) groups excluding carboxylic acids is 1. The van der Waals surface area contributed by atoms with Crippen LogP contribution in [0.25, 0.3) is 0 Å². The average molecular weight is 359 g/mol. The van der Waals surface area contributed by atoms with Gasteiger partial charge in [0.25, 0.3) is 0 Å². The summed E-state index contributed by atoms with van der Waals surface area (Å²) in [5.41, 5.74) is 4.53. The third-order valence-electron chi connectivity index (χ3n) is 2.93. The summed E-state index contributed by atoms with van der Waals surface area (Å²) in [6.45, 7) is 5.33. The van der Waals surface area contributed by atoms with Crippen molar-refractivity contribution in [2.45, 2.75) is 71.1 Å². The molecule has 0 radical (unpaired) electrons. The Morgan fingerprint density at radius 3 is 1.70 bits per heavy atom. The molecule has 0 aliphatic heterocycles. The maximum absolute atomic E-state index is 10.1. The van der Waals surface area contributed by atoms with Crippen LogP contribution in [0.15, 0.2) is 12.7 Å². The molecule has 0 fully saturated rings. The van der Waals surface area contributed by atoms with Gasteiger partial charge in [-0.3, -0.25) is 8.98 Å². The van der Waals surface area contributed by atoms with E-state index in [-0.39, 0.29) is 36.2 Å². The van der Waals surface area contributed by atoms with E-state index in [0.29, 0.717) is 6.42 Å². The zero-order valence-corrected chi connectivity index (χ0v) is 17.4. The number of hydrogen-bond acceptors (Lipinski definition) is 5. The maximum Gasteiger partial charge on any atom is 1.00 e. The van der Waals surface area contributed by atoms with Crippen LogP contribution in [0.2, 0.25) is 0 Å². The molecule has 0 saturated heterocycles. The third-order valence-corrected chi connectivity index (χ3v) is 3.38. The second-order valence-corrected chi connectivity index (χ2v) is 6.07. The van der Waals surface area contributed by atoms with Crippen molar-refractivity contribution in [2.75, 3.05) is 6.61 Å². The number of rotatable bonds is 13. The number of amides is 1. The van der Waals surface area contributed by atoms with Crippen LogP contribution in [0.3, 0.4) is 0 Å². The van der Waals surface area contributed by atoms with E-state index in [1.54, 1.807) is 0 Å². The molecular weight excluding hydrogens is 329 g/mol. The molecule has 2 N–H and O–H groups in total. The maximum atomic E-state index is 10.1. The van der Waals surface area contributed by atoms with Gasteiger partial charge in [0.2, 0.25) is 16.3 Å². The Kier molecular flexibility index (Phi) is 24.4. The van der Waals surface area contributed by atoms with E-state index in [4.69, 9.17) is 0 Å². The number of nitrogens with two attached hydrogens (primary N) is 1. The van der Waals surface area contributed by atoms with Crippen molar-refractivity contribution in [3.05, 3.63) is 12.7 Å². The molecule has 0 unspecified atom stereocenters. The Morgan fingerprint density at radius 1 is 1.04 bits per heavy atom. The van der Waals surface area contributed by atoms with Crippen LogP contribution in [-0.2, 0) is 19.4 Å². The molecular formula is C15H30NNaO5S. The fourth-order valence-corrected chi connectivity index (χ4v) is 2.07. The van der Waals surface area contributed by atoms with E-state index in [1.165, 1.54) is 44.9 Å². The molecule has 0 aromatic carbocycles. The first kappa shape index (κ1) is 27.9. The van der Waals surface area contributed by atoms with Gasteiger partial charge in [0.1, 0.15) is 0 Å². The van der Waals surface area contributed by atoms with Gasteiger partial charge in [-0.1, -0.05) is 71.3 Å². The predicted octanol–water partition coefficient (Wildman–Crippen LogP) is 0.0458.